The number of rotatable bonds is 4. The number of carbonyl (C=O) groups is 1. The molecule has 0 atom stereocenters. The number of halogens is 2. The summed E-state index contributed by atoms with van der Waals surface area (Å²) in [5.41, 5.74) is -1.38. The number of nitrogens with zero attached hydrogens (tertiary/aromatic N) is 1. The summed E-state index contributed by atoms with van der Waals surface area (Å²) in [5.74, 6) is -4.04. The van der Waals surface area contributed by atoms with E-state index in [0.717, 1.165) is 10.7 Å². The minimum Gasteiger partial charge on any atom is -0.478 e. The molecule has 0 unspecified atom stereocenters. The molecule has 0 radical (unpaired) electrons. The summed E-state index contributed by atoms with van der Waals surface area (Å²) in [7, 11) is -3.99. The van der Waals surface area contributed by atoms with Gasteiger partial charge in [0.05, 0.1) is 11.3 Å². The fraction of sp³-hybridized carbons (Fsp3) is 0.417. The molecule has 1 saturated heterocycles. The minimum atomic E-state index is -3.99. The molecule has 0 aliphatic carbocycles. The predicted octanol–water partition coefficient (Wildman–Crippen LogP) is 1.81. The molecule has 1 aliphatic heterocycles. The lowest BCUT2D eigenvalue weighted by Crippen LogP contribution is -2.39. The van der Waals surface area contributed by atoms with Crippen molar-refractivity contribution in [1.82, 2.24) is 4.31 Å². The van der Waals surface area contributed by atoms with E-state index in [4.69, 9.17) is 5.11 Å². The zero-order valence-electron chi connectivity index (χ0n) is 11.0. The fourth-order valence-electron chi connectivity index (χ4n) is 2.10. The Morgan fingerprint density at radius 2 is 1.76 bits per heavy atom. The summed E-state index contributed by atoms with van der Waals surface area (Å²) in [5, 5.41) is 8.78. The van der Waals surface area contributed by atoms with Crippen molar-refractivity contribution in [2.75, 3.05) is 17.8 Å². The maximum absolute atomic E-state index is 13.6. The molecule has 0 saturated carbocycles. The highest BCUT2D eigenvalue weighted by atomic mass is 32.2. The Hall–Kier alpha value is -1.74. The number of aromatic carboxylic acids is 1. The molecule has 116 valence electrons. The van der Waals surface area contributed by atoms with Crippen molar-refractivity contribution in [3.8, 4) is 0 Å². The quantitative estimate of drug-likeness (QED) is 0.886. The normalized spacial score (nSPS) is 16.7. The average molecular weight is 320 g/mol. The van der Waals surface area contributed by atoms with Gasteiger partial charge < -0.3 is 5.11 Å². The highest BCUT2D eigenvalue weighted by Crippen LogP contribution is 2.22. The number of piperidine rings is 1. The number of hydrogen-bond donors (Lipinski definition) is 2. The number of nitrogens with one attached hydrogen (secondary N) is 1. The van der Waals surface area contributed by atoms with Crippen LogP contribution in [0, 0.1) is 11.6 Å². The van der Waals surface area contributed by atoms with Gasteiger partial charge in [-0.25, -0.2) is 13.6 Å². The van der Waals surface area contributed by atoms with E-state index in [1.807, 2.05) is 4.72 Å². The van der Waals surface area contributed by atoms with Gasteiger partial charge in [0, 0.05) is 19.2 Å². The molecule has 21 heavy (non-hydrogen) atoms. The second-order valence-electron chi connectivity index (χ2n) is 4.68. The van der Waals surface area contributed by atoms with E-state index in [1.54, 1.807) is 0 Å². The number of carboxylic acid groups (broad SMARTS) is 1. The number of benzene rings is 1. The molecule has 2 N–H and O–H groups in total. The van der Waals surface area contributed by atoms with Crippen molar-refractivity contribution < 1.29 is 27.1 Å². The van der Waals surface area contributed by atoms with Crippen LogP contribution >= 0.6 is 0 Å². The Labute approximate surface area is 120 Å². The van der Waals surface area contributed by atoms with Gasteiger partial charge in [-0.05, 0) is 18.9 Å². The van der Waals surface area contributed by atoms with Crippen LogP contribution in [-0.2, 0) is 10.2 Å². The first-order valence-electron chi connectivity index (χ1n) is 6.31. The maximum atomic E-state index is 13.6. The third kappa shape index (κ3) is 3.48. The Bertz CT molecular complexity index is 657. The molecule has 6 nitrogen and oxygen atoms in total. The van der Waals surface area contributed by atoms with Crippen LogP contribution < -0.4 is 4.72 Å². The Kier molecular flexibility index (Phi) is 4.43. The van der Waals surface area contributed by atoms with E-state index < -0.39 is 39.1 Å². The van der Waals surface area contributed by atoms with Crippen LogP contribution in [0.4, 0.5) is 14.5 Å². The van der Waals surface area contributed by atoms with E-state index in [1.165, 1.54) is 0 Å². The van der Waals surface area contributed by atoms with E-state index in [-0.39, 0.29) is 0 Å². The van der Waals surface area contributed by atoms with Crippen molar-refractivity contribution in [2.24, 2.45) is 0 Å². The number of anilines is 1. The highest BCUT2D eigenvalue weighted by molar-refractivity contribution is 7.90. The van der Waals surface area contributed by atoms with E-state index in [9.17, 15) is 22.0 Å². The van der Waals surface area contributed by atoms with Crippen LogP contribution in [-0.4, -0.2) is 36.9 Å². The molecule has 0 aromatic heterocycles. The largest absolute Gasteiger partial charge is 0.478 e. The van der Waals surface area contributed by atoms with Crippen LogP contribution in [0.1, 0.15) is 29.6 Å². The molecular formula is C12H14F2N2O4S. The molecule has 0 spiro atoms. The van der Waals surface area contributed by atoms with Crippen molar-refractivity contribution in [3.63, 3.8) is 0 Å². The predicted molar refractivity (Wildman–Crippen MR) is 71.3 cm³/mol. The first-order valence-corrected chi connectivity index (χ1v) is 7.75. The van der Waals surface area contributed by atoms with Crippen molar-refractivity contribution >= 4 is 21.9 Å². The summed E-state index contributed by atoms with van der Waals surface area (Å²) < 4.78 is 54.2. The van der Waals surface area contributed by atoms with Gasteiger partial charge in [0.25, 0.3) is 0 Å². The lowest BCUT2D eigenvalue weighted by Gasteiger charge is -2.26. The zero-order valence-corrected chi connectivity index (χ0v) is 11.8. The molecule has 1 aliphatic rings. The monoisotopic (exact) mass is 320 g/mol. The second-order valence-corrected chi connectivity index (χ2v) is 6.35. The van der Waals surface area contributed by atoms with Gasteiger partial charge in [-0.2, -0.15) is 12.7 Å². The maximum Gasteiger partial charge on any atom is 0.338 e. The first kappa shape index (κ1) is 15.6. The molecule has 1 fully saturated rings. The minimum absolute atomic E-state index is 0.309. The van der Waals surface area contributed by atoms with E-state index in [0.29, 0.717) is 38.1 Å². The third-order valence-electron chi connectivity index (χ3n) is 3.18. The van der Waals surface area contributed by atoms with Crippen LogP contribution in [0.2, 0.25) is 0 Å². The lowest BCUT2D eigenvalue weighted by atomic mass is 10.2. The summed E-state index contributed by atoms with van der Waals surface area (Å²) in [6.45, 7) is 0.619. The molecule has 0 amide bonds. The first-order chi connectivity index (χ1) is 9.81. The van der Waals surface area contributed by atoms with Gasteiger partial charge in [-0.3, -0.25) is 4.72 Å². The average Bonchev–Trinajstić information content (AvgIpc) is 2.42. The Morgan fingerprint density at radius 1 is 1.14 bits per heavy atom. The highest BCUT2D eigenvalue weighted by Gasteiger charge is 2.26. The van der Waals surface area contributed by atoms with Crippen LogP contribution in [0.25, 0.3) is 0 Å². The molecule has 1 heterocycles. The van der Waals surface area contributed by atoms with Crippen LogP contribution in [0.15, 0.2) is 12.1 Å². The molecular weight excluding hydrogens is 306 g/mol. The molecule has 9 heteroatoms. The topological polar surface area (TPSA) is 86.7 Å². The molecule has 0 bridgehead atoms. The lowest BCUT2D eigenvalue weighted by molar-refractivity contribution is 0.0692. The summed E-state index contributed by atoms with van der Waals surface area (Å²) in [6, 6.07) is 0.978. The summed E-state index contributed by atoms with van der Waals surface area (Å²) >= 11 is 0. The fourth-order valence-corrected chi connectivity index (χ4v) is 3.40. The van der Waals surface area contributed by atoms with Crippen molar-refractivity contribution in [2.45, 2.75) is 19.3 Å². The number of hydrogen-bond acceptors (Lipinski definition) is 3. The van der Waals surface area contributed by atoms with Crippen LogP contribution in [0.3, 0.4) is 0 Å². The van der Waals surface area contributed by atoms with Crippen LogP contribution in [0.5, 0.6) is 0 Å². The van der Waals surface area contributed by atoms with Crippen molar-refractivity contribution in [1.29, 1.82) is 0 Å². The zero-order chi connectivity index (χ0) is 15.6. The summed E-state index contributed by atoms with van der Waals surface area (Å²) in [4.78, 5) is 10.8. The number of carboxylic acids is 1. The van der Waals surface area contributed by atoms with Gasteiger partial charge in [0.1, 0.15) is 11.6 Å². The smallest absolute Gasteiger partial charge is 0.338 e. The SMILES string of the molecule is O=C(O)c1cc(NS(=O)(=O)N2CCCCC2)c(F)cc1F. The summed E-state index contributed by atoms with van der Waals surface area (Å²) in [6.07, 6.45) is 2.32. The Morgan fingerprint density at radius 3 is 2.33 bits per heavy atom. The third-order valence-corrected chi connectivity index (χ3v) is 4.70. The van der Waals surface area contributed by atoms with Gasteiger partial charge in [-0.1, -0.05) is 6.42 Å². The van der Waals surface area contributed by atoms with Gasteiger partial charge in [0.15, 0.2) is 0 Å². The van der Waals surface area contributed by atoms with Gasteiger partial charge in [0.2, 0.25) is 0 Å². The standard InChI is InChI=1S/C12H14F2N2O4S/c13-9-7-10(14)11(6-8(9)12(17)18)15-21(19,20)16-4-2-1-3-5-16/h6-7,15H,1-5H2,(H,17,18). The van der Waals surface area contributed by atoms with E-state index in [2.05, 4.69) is 0 Å². The van der Waals surface area contributed by atoms with E-state index >= 15 is 0 Å². The molecule has 2 rings (SSSR count). The Balaban J connectivity index is 2.30. The molecule has 1 aromatic carbocycles. The van der Waals surface area contributed by atoms with Gasteiger partial charge >= 0.3 is 16.2 Å². The van der Waals surface area contributed by atoms with Crippen molar-refractivity contribution in [3.05, 3.63) is 29.3 Å². The molecule has 1 aromatic rings. The van der Waals surface area contributed by atoms with Gasteiger partial charge in [-0.15, -0.1) is 0 Å². The second kappa shape index (κ2) is 5.94.